The highest BCUT2D eigenvalue weighted by Gasteiger charge is 2.46. The molecular formula is C13H18O6. The first-order valence-corrected chi connectivity index (χ1v) is 6.24. The molecule has 6 heteroatoms. The van der Waals surface area contributed by atoms with Gasteiger partial charge in [0.05, 0.1) is 33.4 Å². The molecule has 1 spiro atoms. The van der Waals surface area contributed by atoms with Crippen LogP contribution in [-0.2, 0) is 28.5 Å². The van der Waals surface area contributed by atoms with E-state index < -0.39 is 17.7 Å². The SMILES string of the molecule is COC(=O)/C=C1/CCC2(CC1C(=O)OC)OCCO2. The second-order valence-corrected chi connectivity index (χ2v) is 4.63. The van der Waals surface area contributed by atoms with E-state index >= 15 is 0 Å². The Kier molecular flexibility index (Phi) is 4.21. The lowest BCUT2D eigenvalue weighted by atomic mass is 9.80. The minimum Gasteiger partial charge on any atom is -0.469 e. The Labute approximate surface area is 111 Å². The van der Waals surface area contributed by atoms with Crippen LogP contribution in [0.1, 0.15) is 19.3 Å². The maximum absolute atomic E-state index is 11.9. The van der Waals surface area contributed by atoms with Gasteiger partial charge in [-0.15, -0.1) is 0 Å². The van der Waals surface area contributed by atoms with Gasteiger partial charge in [-0.1, -0.05) is 0 Å². The van der Waals surface area contributed by atoms with Crippen LogP contribution in [0.3, 0.4) is 0 Å². The number of ether oxygens (including phenoxy) is 4. The van der Waals surface area contributed by atoms with Gasteiger partial charge in [0.2, 0.25) is 0 Å². The fourth-order valence-corrected chi connectivity index (χ4v) is 2.57. The molecule has 0 amide bonds. The molecule has 0 aromatic rings. The average molecular weight is 270 g/mol. The van der Waals surface area contributed by atoms with Crippen molar-refractivity contribution in [2.45, 2.75) is 25.0 Å². The molecule has 1 heterocycles. The predicted molar refractivity (Wildman–Crippen MR) is 64.1 cm³/mol. The van der Waals surface area contributed by atoms with E-state index in [-0.39, 0.29) is 5.97 Å². The Balaban J connectivity index is 2.19. The lowest BCUT2D eigenvalue weighted by molar-refractivity contribution is -0.187. The van der Waals surface area contributed by atoms with Crippen LogP contribution in [0.25, 0.3) is 0 Å². The van der Waals surface area contributed by atoms with Crippen molar-refractivity contribution >= 4 is 11.9 Å². The third-order valence-electron chi connectivity index (χ3n) is 3.56. The van der Waals surface area contributed by atoms with E-state index in [0.29, 0.717) is 38.0 Å². The first-order chi connectivity index (χ1) is 9.10. The molecule has 0 aromatic heterocycles. The molecule has 2 aliphatic rings. The van der Waals surface area contributed by atoms with E-state index in [0.717, 1.165) is 0 Å². The smallest absolute Gasteiger partial charge is 0.330 e. The van der Waals surface area contributed by atoms with Gasteiger partial charge in [0.15, 0.2) is 5.79 Å². The Morgan fingerprint density at radius 2 is 1.95 bits per heavy atom. The molecule has 1 saturated heterocycles. The van der Waals surface area contributed by atoms with Crippen LogP contribution in [0.4, 0.5) is 0 Å². The van der Waals surface area contributed by atoms with Crippen LogP contribution in [0.5, 0.6) is 0 Å². The van der Waals surface area contributed by atoms with Crippen molar-refractivity contribution in [1.29, 1.82) is 0 Å². The average Bonchev–Trinajstić information content (AvgIpc) is 2.88. The summed E-state index contributed by atoms with van der Waals surface area (Å²) in [6, 6.07) is 0. The van der Waals surface area contributed by atoms with Crippen LogP contribution in [0, 0.1) is 5.92 Å². The van der Waals surface area contributed by atoms with Crippen molar-refractivity contribution in [2.24, 2.45) is 5.92 Å². The molecular weight excluding hydrogens is 252 g/mol. The van der Waals surface area contributed by atoms with Crippen LogP contribution in [0.15, 0.2) is 11.6 Å². The van der Waals surface area contributed by atoms with Gasteiger partial charge < -0.3 is 18.9 Å². The third-order valence-corrected chi connectivity index (χ3v) is 3.56. The molecule has 0 radical (unpaired) electrons. The number of carbonyl (C=O) groups excluding carboxylic acids is 2. The van der Waals surface area contributed by atoms with Crippen molar-refractivity contribution in [3.8, 4) is 0 Å². The van der Waals surface area contributed by atoms with E-state index in [1.165, 1.54) is 20.3 Å². The highest BCUT2D eigenvalue weighted by Crippen LogP contribution is 2.41. The first-order valence-electron chi connectivity index (χ1n) is 6.24. The van der Waals surface area contributed by atoms with Gasteiger partial charge in [-0.3, -0.25) is 4.79 Å². The lowest BCUT2D eigenvalue weighted by Crippen LogP contribution is -2.40. The lowest BCUT2D eigenvalue weighted by Gasteiger charge is -2.36. The van der Waals surface area contributed by atoms with Crippen LogP contribution in [-0.4, -0.2) is 45.2 Å². The number of methoxy groups -OCH3 is 2. The minimum absolute atomic E-state index is 0.377. The molecule has 19 heavy (non-hydrogen) atoms. The van der Waals surface area contributed by atoms with Crippen molar-refractivity contribution < 1.29 is 28.5 Å². The zero-order valence-corrected chi connectivity index (χ0v) is 11.1. The second-order valence-electron chi connectivity index (χ2n) is 4.63. The van der Waals surface area contributed by atoms with Crippen molar-refractivity contribution in [3.63, 3.8) is 0 Å². The summed E-state index contributed by atoms with van der Waals surface area (Å²) in [4.78, 5) is 23.2. The molecule has 2 fully saturated rings. The number of esters is 2. The maximum Gasteiger partial charge on any atom is 0.330 e. The van der Waals surface area contributed by atoms with Gasteiger partial charge in [0, 0.05) is 18.9 Å². The summed E-state index contributed by atoms with van der Waals surface area (Å²) in [6.45, 7) is 1.06. The summed E-state index contributed by atoms with van der Waals surface area (Å²) in [5, 5.41) is 0. The maximum atomic E-state index is 11.9. The quantitative estimate of drug-likeness (QED) is 0.546. The molecule has 1 aliphatic carbocycles. The van der Waals surface area contributed by atoms with Crippen molar-refractivity contribution in [3.05, 3.63) is 11.6 Å². The molecule has 1 unspecified atom stereocenters. The summed E-state index contributed by atoms with van der Waals surface area (Å²) >= 11 is 0. The zero-order valence-electron chi connectivity index (χ0n) is 11.1. The van der Waals surface area contributed by atoms with Crippen LogP contribution in [0.2, 0.25) is 0 Å². The van der Waals surface area contributed by atoms with E-state index in [4.69, 9.17) is 14.2 Å². The van der Waals surface area contributed by atoms with Crippen molar-refractivity contribution in [1.82, 2.24) is 0 Å². The van der Waals surface area contributed by atoms with Gasteiger partial charge >= 0.3 is 11.9 Å². The molecule has 0 N–H and O–H groups in total. The molecule has 6 nitrogen and oxygen atoms in total. The number of rotatable bonds is 2. The molecule has 1 atom stereocenters. The highest BCUT2D eigenvalue weighted by molar-refractivity contribution is 5.85. The van der Waals surface area contributed by atoms with Crippen molar-refractivity contribution in [2.75, 3.05) is 27.4 Å². The summed E-state index contributed by atoms with van der Waals surface area (Å²) in [6.07, 6.45) is 2.92. The summed E-state index contributed by atoms with van der Waals surface area (Å²) in [5.41, 5.74) is 0.712. The van der Waals surface area contributed by atoms with Gasteiger partial charge in [-0.25, -0.2) is 4.79 Å². The monoisotopic (exact) mass is 270 g/mol. The van der Waals surface area contributed by atoms with E-state index in [1.54, 1.807) is 0 Å². The standard InChI is InChI=1S/C13H18O6/c1-16-11(14)7-9-3-4-13(18-5-6-19-13)8-10(9)12(15)17-2/h7,10H,3-6,8H2,1-2H3/b9-7-. The fourth-order valence-electron chi connectivity index (χ4n) is 2.57. The second kappa shape index (κ2) is 5.71. The molecule has 2 rings (SSSR count). The van der Waals surface area contributed by atoms with E-state index in [1.807, 2.05) is 0 Å². The Morgan fingerprint density at radius 3 is 2.53 bits per heavy atom. The number of carbonyl (C=O) groups is 2. The summed E-state index contributed by atoms with van der Waals surface area (Å²) in [5.74, 6) is -2.07. The van der Waals surface area contributed by atoms with Crippen LogP contribution < -0.4 is 0 Å². The first kappa shape index (κ1) is 14.0. The predicted octanol–water partition coefficient (Wildman–Crippen LogP) is 0.802. The molecule has 106 valence electrons. The van der Waals surface area contributed by atoms with Gasteiger partial charge in [-0.05, 0) is 12.0 Å². The largest absolute Gasteiger partial charge is 0.469 e. The molecule has 0 aromatic carbocycles. The molecule has 0 bridgehead atoms. The van der Waals surface area contributed by atoms with Gasteiger partial charge in [-0.2, -0.15) is 0 Å². The van der Waals surface area contributed by atoms with E-state index in [9.17, 15) is 9.59 Å². The minimum atomic E-state index is -0.702. The summed E-state index contributed by atoms with van der Waals surface area (Å²) in [7, 11) is 2.63. The number of hydrogen-bond acceptors (Lipinski definition) is 6. The fraction of sp³-hybridized carbons (Fsp3) is 0.692. The van der Waals surface area contributed by atoms with Crippen LogP contribution >= 0.6 is 0 Å². The normalized spacial score (nSPS) is 27.5. The highest BCUT2D eigenvalue weighted by atomic mass is 16.7. The Bertz CT molecular complexity index is 394. The zero-order chi connectivity index (χ0) is 13.9. The Hall–Kier alpha value is -1.40. The summed E-state index contributed by atoms with van der Waals surface area (Å²) < 4.78 is 20.6. The third kappa shape index (κ3) is 2.96. The van der Waals surface area contributed by atoms with Gasteiger partial charge in [0.25, 0.3) is 0 Å². The Morgan fingerprint density at radius 1 is 1.26 bits per heavy atom. The molecule has 1 saturated carbocycles. The topological polar surface area (TPSA) is 71.1 Å². The van der Waals surface area contributed by atoms with E-state index in [2.05, 4.69) is 4.74 Å². The molecule has 1 aliphatic heterocycles. The van der Waals surface area contributed by atoms with Gasteiger partial charge in [0.1, 0.15) is 0 Å². The number of hydrogen-bond donors (Lipinski definition) is 0.